The lowest BCUT2D eigenvalue weighted by Crippen LogP contribution is -2.43. The summed E-state index contributed by atoms with van der Waals surface area (Å²) in [6.07, 6.45) is -2.50. The minimum atomic E-state index is -4.14. The lowest BCUT2D eigenvalue weighted by molar-refractivity contribution is -0.153. The zero-order valence-corrected chi connectivity index (χ0v) is 8.85. The number of halogens is 4. The van der Waals surface area contributed by atoms with Crippen LogP contribution in [0.25, 0.3) is 0 Å². The smallest absolute Gasteiger partial charge is 0.322 e. The molecule has 16 heavy (non-hydrogen) atoms. The molecule has 1 heterocycles. The molecular weight excluding hydrogens is 228 g/mol. The van der Waals surface area contributed by atoms with Crippen molar-refractivity contribution in [1.82, 2.24) is 10.2 Å². The number of nitrogens with one attached hydrogen (secondary N) is 1. The highest BCUT2D eigenvalue weighted by Crippen LogP contribution is 2.25. The van der Waals surface area contributed by atoms with Crippen LogP contribution in [0.2, 0.25) is 0 Å². The Morgan fingerprint density at radius 3 is 2.69 bits per heavy atom. The van der Waals surface area contributed by atoms with Gasteiger partial charge in [0.25, 0.3) is 0 Å². The maximum absolute atomic E-state index is 12.7. The van der Waals surface area contributed by atoms with Crippen molar-refractivity contribution in [2.24, 2.45) is 0 Å². The number of alkyl halides is 4. The molecule has 1 rings (SSSR count). The Bertz CT molecular complexity index is 260. The van der Waals surface area contributed by atoms with Crippen molar-refractivity contribution >= 4 is 5.91 Å². The Balaban J connectivity index is 2.55. The van der Waals surface area contributed by atoms with Gasteiger partial charge in [-0.3, -0.25) is 10.1 Å². The van der Waals surface area contributed by atoms with Crippen molar-refractivity contribution in [3.05, 3.63) is 0 Å². The Hall–Kier alpha value is -0.850. The summed E-state index contributed by atoms with van der Waals surface area (Å²) >= 11 is 0. The van der Waals surface area contributed by atoms with E-state index in [-0.39, 0.29) is 6.67 Å². The molecular formula is C9H14F4N2O. The average molecular weight is 242 g/mol. The van der Waals surface area contributed by atoms with Gasteiger partial charge in [0.1, 0.15) is 0 Å². The first kappa shape index (κ1) is 13.2. The van der Waals surface area contributed by atoms with Gasteiger partial charge in [-0.2, -0.15) is 8.78 Å². The zero-order valence-electron chi connectivity index (χ0n) is 8.85. The first-order valence-electron chi connectivity index (χ1n) is 5.06. The van der Waals surface area contributed by atoms with Gasteiger partial charge in [-0.1, -0.05) is 13.3 Å². The number of amides is 1. The molecule has 0 saturated carbocycles. The minimum absolute atomic E-state index is 0.0915. The molecule has 94 valence electrons. The molecule has 1 saturated heterocycles. The lowest BCUT2D eigenvalue weighted by Gasteiger charge is -2.22. The molecule has 1 fully saturated rings. The van der Waals surface area contributed by atoms with Crippen LogP contribution >= 0.6 is 0 Å². The molecule has 0 bridgehead atoms. The molecule has 0 aliphatic carbocycles. The SMILES string of the molecule is CCCC1NCN(CC(F)(F)C(F)F)C1=O. The quantitative estimate of drug-likeness (QED) is 0.740. The van der Waals surface area contributed by atoms with Crippen LogP contribution in [0.1, 0.15) is 19.8 Å². The molecule has 1 amide bonds. The van der Waals surface area contributed by atoms with Crippen LogP contribution in [0.5, 0.6) is 0 Å². The van der Waals surface area contributed by atoms with Gasteiger partial charge in [0.05, 0.1) is 19.3 Å². The fourth-order valence-electron chi connectivity index (χ4n) is 1.58. The summed E-state index contributed by atoms with van der Waals surface area (Å²) in [5, 5.41) is 2.72. The summed E-state index contributed by atoms with van der Waals surface area (Å²) in [5.74, 6) is -4.67. The third kappa shape index (κ3) is 2.84. The second-order valence-electron chi connectivity index (χ2n) is 3.80. The van der Waals surface area contributed by atoms with Gasteiger partial charge in [0.15, 0.2) is 0 Å². The minimum Gasteiger partial charge on any atom is -0.322 e. The van der Waals surface area contributed by atoms with E-state index in [2.05, 4.69) is 5.32 Å². The molecule has 1 unspecified atom stereocenters. The normalized spacial score (nSPS) is 22.2. The lowest BCUT2D eigenvalue weighted by atomic mass is 10.1. The Morgan fingerprint density at radius 1 is 1.56 bits per heavy atom. The molecule has 0 spiro atoms. The molecule has 0 aromatic heterocycles. The molecule has 0 radical (unpaired) electrons. The molecule has 0 aromatic carbocycles. The van der Waals surface area contributed by atoms with E-state index in [1.165, 1.54) is 0 Å². The first-order chi connectivity index (χ1) is 7.38. The number of carbonyl (C=O) groups excluding carboxylic acids is 1. The molecule has 7 heteroatoms. The number of carbonyl (C=O) groups is 1. The van der Waals surface area contributed by atoms with Crippen LogP contribution in [-0.2, 0) is 4.79 Å². The zero-order chi connectivity index (χ0) is 12.3. The molecule has 0 aromatic rings. The maximum atomic E-state index is 12.7. The van der Waals surface area contributed by atoms with Crippen LogP contribution < -0.4 is 5.32 Å². The van der Waals surface area contributed by atoms with E-state index in [1.54, 1.807) is 0 Å². The second-order valence-corrected chi connectivity index (χ2v) is 3.80. The third-order valence-corrected chi connectivity index (χ3v) is 2.44. The van der Waals surface area contributed by atoms with Gasteiger partial charge in [0.2, 0.25) is 5.91 Å². The van der Waals surface area contributed by atoms with Crippen LogP contribution in [0.4, 0.5) is 17.6 Å². The standard InChI is InChI=1S/C9H14F4N2O/c1-2-3-6-7(16)15(5-14-6)4-9(12,13)8(10)11/h6,8,14H,2-5H2,1H3. The monoisotopic (exact) mass is 242 g/mol. The summed E-state index contributed by atoms with van der Waals surface area (Å²) < 4.78 is 49.3. The van der Waals surface area contributed by atoms with Gasteiger partial charge < -0.3 is 4.90 Å². The fraction of sp³-hybridized carbons (Fsp3) is 0.889. The van der Waals surface area contributed by atoms with Crippen LogP contribution in [0.15, 0.2) is 0 Å². The van der Waals surface area contributed by atoms with E-state index < -0.39 is 30.8 Å². The summed E-state index contributed by atoms with van der Waals surface area (Å²) in [4.78, 5) is 12.2. The van der Waals surface area contributed by atoms with Crippen LogP contribution in [-0.4, -0.2) is 42.4 Å². The van der Waals surface area contributed by atoms with Crippen LogP contribution in [0, 0.1) is 0 Å². The van der Waals surface area contributed by atoms with Gasteiger partial charge in [0, 0.05) is 0 Å². The summed E-state index contributed by atoms with van der Waals surface area (Å²) in [7, 11) is 0. The van der Waals surface area contributed by atoms with Gasteiger partial charge >= 0.3 is 12.3 Å². The number of hydrogen-bond acceptors (Lipinski definition) is 2. The Kier molecular flexibility index (Phi) is 4.12. The van der Waals surface area contributed by atoms with E-state index in [0.717, 1.165) is 11.3 Å². The third-order valence-electron chi connectivity index (χ3n) is 2.44. The highest BCUT2D eigenvalue weighted by atomic mass is 19.3. The Morgan fingerprint density at radius 2 is 2.19 bits per heavy atom. The molecule has 1 aliphatic rings. The van der Waals surface area contributed by atoms with E-state index in [9.17, 15) is 22.4 Å². The van der Waals surface area contributed by atoms with Crippen molar-refractivity contribution in [3.63, 3.8) is 0 Å². The van der Waals surface area contributed by atoms with Crippen LogP contribution in [0.3, 0.4) is 0 Å². The fourth-order valence-corrected chi connectivity index (χ4v) is 1.58. The van der Waals surface area contributed by atoms with Gasteiger partial charge in [-0.25, -0.2) is 8.78 Å². The van der Waals surface area contributed by atoms with Gasteiger partial charge in [-0.05, 0) is 6.42 Å². The molecule has 3 nitrogen and oxygen atoms in total. The van der Waals surface area contributed by atoms with E-state index >= 15 is 0 Å². The molecule has 1 N–H and O–H groups in total. The Labute approximate surface area is 90.8 Å². The predicted octanol–water partition coefficient (Wildman–Crippen LogP) is 1.44. The number of nitrogens with zero attached hydrogens (tertiary/aromatic N) is 1. The highest BCUT2D eigenvalue weighted by Gasteiger charge is 2.45. The predicted molar refractivity (Wildman–Crippen MR) is 49.4 cm³/mol. The second kappa shape index (κ2) is 4.99. The largest absolute Gasteiger partial charge is 0.324 e. The van der Waals surface area contributed by atoms with Gasteiger partial charge in [-0.15, -0.1) is 0 Å². The average Bonchev–Trinajstić information content (AvgIpc) is 2.50. The highest BCUT2D eigenvalue weighted by molar-refractivity contribution is 5.83. The van der Waals surface area contributed by atoms with Crippen molar-refractivity contribution < 1.29 is 22.4 Å². The maximum Gasteiger partial charge on any atom is 0.324 e. The summed E-state index contributed by atoms with van der Waals surface area (Å²) in [6.45, 7) is 0.536. The van der Waals surface area contributed by atoms with Crippen molar-refractivity contribution in [2.45, 2.75) is 38.2 Å². The summed E-state index contributed by atoms with van der Waals surface area (Å²) in [5.41, 5.74) is 0. The first-order valence-corrected chi connectivity index (χ1v) is 5.06. The topological polar surface area (TPSA) is 32.3 Å². The number of hydrogen-bond donors (Lipinski definition) is 1. The van der Waals surface area contributed by atoms with Crippen molar-refractivity contribution in [3.8, 4) is 0 Å². The molecule has 1 atom stereocenters. The van der Waals surface area contributed by atoms with E-state index in [0.29, 0.717) is 6.42 Å². The molecule has 1 aliphatic heterocycles. The van der Waals surface area contributed by atoms with E-state index in [4.69, 9.17) is 0 Å². The van der Waals surface area contributed by atoms with E-state index in [1.807, 2.05) is 6.92 Å². The van der Waals surface area contributed by atoms with Crippen molar-refractivity contribution in [2.75, 3.05) is 13.2 Å². The number of rotatable bonds is 5. The summed E-state index contributed by atoms with van der Waals surface area (Å²) in [6, 6.07) is -0.515. The van der Waals surface area contributed by atoms with Crippen molar-refractivity contribution in [1.29, 1.82) is 0 Å².